The summed E-state index contributed by atoms with van der Waals surface area (Å²) in [4.78, 5) is 32.0. The van der Waals surface area contributed by atoms with Gasteiger partial charge in [-0.3, -0.25) is 9.59 Å². The number of fused-ring (bicyclic) bond motifs is 2. The van der Waals surface area contributed by atoms with Gasteiger partial charge in [0.25, 0.3) is 11.8 Å². The number of carbonyl (C=O) groups is 2. The highest BCUT2D eigenvalue weighted by Crippen LogP contribution is 2.34. The number of aromatic nitrogens is 2. The van der Waals surface area contributed by atoms with Crippen molar-refractivity contribution < 1.29 is 22.8 Å². The molecule has 0 unspecified atom stereocenters. The molecule has 0 saturated heterocycles. The van der Waals surface area contributed by atoms with Gasteiger partial charge < -0.3 is 20.6 Å². The summed E-state index contributed by atoms with van der Waals surface area (Å²) in [6, 6.07) is 41.9. The molecule has 0 fully saturated rings. The van der Waals surface area contributed by atoms with E-state index in [0.717, 1.165) is 27.8 Å². The zero-order valence-corrected chi connectivity index (χ0v) is 31.2. The first-order valence-corrected chi connectivity index (χ1v) is 18.3. The molecule has 0 aliphatic heterocycles. The van der Waals surface area contributed by atoms with Crippen LogP contribution in [0.15, 0.2) is 146 Å². The third-order valence-electron chi connectivity index (χ3n) is 8.98. The minimum atomic E-state index is -0.370. The molecule has 6 aromatic carbocycles. The second-order valence-electron chi connectivity index (χ2n) is 12.8. The van der Waals surface area contributed by atoms with Gasteiger partial charge in [-0.25, -0.2) is 13.2 Å². The molecule has 9 heteroatoms. The van der Waals surface area contributed by atoms with E-state index in [4.69, 9.17) is 0 Å². The first-order valence-electron chi connectivity index (χ1n) is 18.3. The van der Waals surface area contributed by atoms with E-state index >= 15 is 0 Å². The van der Waals surface area contributed by atoms with Gasteiger partial charge in [-0.15, -0.1) is 0 Å². The van der Waals surface area contributed by atoms with Crippen molar-refractivity contribution in [2.75, 3.05) is 0 Å². The maximum absolute atomic E-state index is 13.8. The summed E-state index contributed by atoms with van der Waals surface area (Å²) in [5.41, 5.74) is 8.06. The van der Waals surface area contributed by atoms with Crippen LogP contribution in [0.25, 0.3) is 44.1 Å². The Bertz CT molecular complexity index is 2420. The normalized spacial score (nSPS) is 10.6. The number of halogens is 3. The van der Waals surface area contributed by atoms with Crippen molar-refractivity contribution in [1.82, 2.24) is 20.6 Å². The van der Waals surface area contributed by atoms with E-state index in [2.05, 4.69) is 20.6 Å². The molecule has 2 heterocycles. The summed E-state index contributed by atoms with van der Waals surface area (Å²) in [5, 5.41) is 7.09. The van der Waals surface area contributed by atoms with E-state index in [9.17, 15) is 22.8 Å². The molecule has 2 aromatic heterocycles. The van der Waals surface area contributed by atoms with Crippen molar-refractivity contribution in [3.05, 3.63) is 191 Å². The smallest absolute Gasteiger partial charge is 0.268 e. The average Bonchev–Trinajstić information content (AvgIpc) is 3.79. The molecule has 8 aromatic rings. The van der Waals surface area contributed by atoms with E-state index in [1.165, 1.54) is 36.4 Å². The summed E-state index contributed by atoms with van der Waals surface area (Å²) in [7, 11) is 0. The standard InChI is InChI=1S/C23H19FN2O.C22H16F2N2O.C2H6/c1-15-6-5-7-16(12-15)14-25-23(27)22-21(17-8-3-2-4-9-17)19-13-18(24)10-11-20(19)26-22;23-16-8-4-5-14(11-16)13-25-22(27)21-20(15-6-2-1-3-7-15)18-12-17(24)9-10-19(18)26-21;1-2/h2-13,26H,14H2,1H3,(H,25,27);1-12,26H,13H2,(H,25,27);1-2H3. The molecule has 282 valence electrons. The van der Waals surface area contributed by atoms with Crippen molar-refractivity contribution in [1.29, 1.82) is 0 Å². The van der Waals surface area contributed by atoms with Gasteiger partial charge in [-0.2, -0.15) is 0 Å². The Balaban J connectivity index is 0.000000182. The number of aryl methyl sites for hydroxylation is 1. The fourth-order valence-electron chi connectivity index (χ4n) is 6.49. The minimum absolute atomic E-state index is 0.189. The molecule has 56 heavy (non-hydrogen) atoms. The third-order valence-corrected chi connectivity index (χ3v) is 8.98. The first kappa shape index (κ1) is 38.8. The number of amides is 2. The van der Waals surface area contributed by atoms with Crippen molar-refractivity contribution >= 4 is 33.6 Å². The van der Waals surface area contributed by atoms with Crippen LogP contribution in [0.5, 0.6) is 0 Å². The predicted molar refractivity (Wildman–Crippen MR) is 219 cm³/mol. The van der Waals surface area contributed by atoms with Crippen LogP contribution < -0.4 is 10.6 Å². The molecule has 6 nitrogen and oxygen atoms in total. The molecule has 0 aliphatic carbocycles. The van der Waals surface area contributed by atoms with Crippen LogP contribution in [-0.2, 0) is 13.1 Å². The van der Waals surface area contributed by atoms with E-state index in [-0.39, 0.29) is 35.8 Å². The number of H-pyrrole nitrogens is 2. The lowest BCUT2D eigenvalue weighted by Crippen LogP contribution is -2.23. The summed E-state index contributed by atoms with van der Waals surface area (Å²) >= 11 is 0. The molecule has 0 atom stereocenters. The molecule has 0 radical (unpaired) electrons. The van der Waals surface area contributed by atoms with Crippen molar-refractivity contribution in [3.63, 3.8) is 0 Å². The second-order valence-corrected chi connectivity index (χ2v) is 12.8. The van der Waals surface area contributed by atoms with Gasteiger partial charge in [0, 0.05) is 46.0 Å². The predicted octanol–water partition coefficient (Wildman–Crippen LogP) is 11.3. The third kappa shape index (κ3) is 9.07. The molecule has 8 rings (SSSR count). The van der Waals surface area contributed by atoms with Gasteiger partial charge in [0.05, 0.1) is 0 Å². The lowest BCUT2D eigenvalue weighted by Gasteiger charge is -2.08. The Kier molecular flexibility index (Phi) is 12.5. The van der Waals surface area contributed by atoms with Crippen LogP contribution in [0, 0.1) is 24.4 Å². The number of hydrogen-bond acceptors (Lipinski definition) is 2. The number of benzene rings is 6. The van der Waals surface area contributed by atoms with Gasteiger partial charge in [0.15, 0.2) is 0 Å². The molecule has 0 bridgehead atoms. The molecular formula is C47H41F3N4O2. The van der Waals surface area contributed by atoms with Crippen LogP contribution >= 0.6 is 0 Å². The lowest BCUT2D eigenvalue weighted by atomic mass is 10.0. The van der Waals surface area contributed by atoms with Gasteiger partial charge in [-0.05, 0) is 77.7 Å². The Morgan fingerprint density at radius 2 is 0.929 bits per heavy atom. The summed E-state index contributed by atoms with van der Waals surface area (Å²) in [5.74, 6) is -1.61. The van der Waals surface area contributed by atoms with Gasteiger partial charge in [0.2, 0.25) is 0 Å². The van der Waals surface area contributed by atoms with Crippen molar-refractivity contribution in [2.24, 2.45) is 0 Å². The van der Waals surface area contributed by atoms with Crippen molar-refractivity contribution in [3.8, 4) is 22.3 Å². The van der Waals surface area contributed by atoms with E-state index in [1.54, 1.807) is 24.3 Å². The molecule has 2 amide bonds. The summed E-state index contributed by atoms with van der Waals surface area (Å²) in [6.07, 6.45) is 0. The van der Waals surface area contributed by atoms with E-state index in [1.807, 2.05) is 106 Å². The van der Waals surface area contributed by atoms with Crippen LogP contribution in [0.1, 0.15) is 51.5 Å². The van der Waals surface area contributed by atoms with Crippen molar-refractivity contribution in [2.45, 2.75) is 33.9 Å². The molecule has 0 spiro atoms. The Morgan fingerprint density at radius 3 is 1.38 bits per heavy atom. The lowest BCUT2D eigenvalue weighted by molar-refractivity contribution is 0.0939. The zero-order chi connectivity index (χ0) is 39.6. The van der Waals surface area contributed by atoms with Crippen LogP contribution in [0.3, 0.4) is 0 Å². The fourth-order valence-corrected chi connectivity index (χ4v) is 6.49. The SMILES string of the molecule is CC.Cc1cccc(CNC(=O)c2[nH]c3ccc(F)cc3c2-c2ccccc2)c1.O=C(NCc1cccc(F)c1)c1[nH]c2ccc(F)cc2c1-c1ccccc1. The number of aromatic amines is 2. The van der Waals surface area contributed by atoms with Gasteiger partial charge in [-0.1, -0.05) is 116 Å². The molecular weight excluding hydrogens is 710 g/mol. The van der Waals surface area contributed by atoms with Crippen LogP contribution in [0.2, 0.25) is 0 Å². The molecule has 0 aliphatic rings. The number of rotatable bonds is 8. The maximum Gasteiger partial charge on any atom is 0.268 e. The van der Waals surface area contributed by atoms with Crippen LogP contribution in [0.4, 0.5) is 13.2 Å². The summed E-state index contributed by atoms with van der Waals surface area (Å²) < 4.78 is 41.0. The fraction of sp³-hybridized carbons (Fsp3) is 0.106. The maximum atomic E-state index is 13.8. The first-order chi connectivity index (χ1) is 27.2. The Hall–Kier alpha value is -6.87. The largest absolute Gasteiger partial charge is 0.350 e. The van der Waals surface area contributed by atoms with E-state index in [0.29, 0.717) is 50.9 Å². The molecule has 0 saturated carbocycles. The summed E-state index contributed by atoms with van der Waals surface area (Å²) in [6.45, 7) is 6.64. The number of hydrogen-bond donors (Lipinski definition) is 4. The minimum Gasteiger partial charge on any atom is -0.350 e. The quantitative estimate of drug-likeness (QED) is 0.125. The van der Waals surface area contributed by atoms with Gasteiger partial charge in [0.1, 0.15) is 28.8 Å². The number of carbonyl (C=O) groups excluding carboxylic acids is 2. The Labute approximate surface area is 323 Å². The molecule has 4 N–H and O–H groups in total. The Morgan fingerprint density at radius 1 is 0.500 bits per heavy atom. The highest BCUT2D eigenvalue weighted by atomic mass is 19.1. The van der Waals surface area contributed by atoms with Crippen LogP contribution in [-0.4, -0.2) is 21.8 Å². The zero-order valence-electron chi connectivity index (χ0n) is 31.2. The highest BCUT2D eigenvalue weighted by molar-refractivity contribution is 6.10. The topological polar surface area (TPSA) is 89.8 Å². The average molecular weight is 751 g/mol. The monoisotopic (exact) mass is 750 g/mol. The second kappa shape index (κ2) is 18.0. The van der Waals surface area contributed by atoms with E-state index < -0.39 is 0 Å². The van der Waals surface area contributed by atoms with Gasteiger partial charge >= 0.3 is 0 Å². The highest BCUT2D eigenvalue weighted by Gasteiger charge is 2.21. The number of nitrogens with one attached hydrogen (secondary N) is 4.